The third-order valence-corrected chi connectivity index (χ3v) is 3.01. The minimum absolute atomic E-state index is 0.0382. The lowest BCUT2D eigenvalue weighted by molar-refractivity contribution is -0.0827. The molecule has 2 atom stereocenters. The molecule has 5 heteroatoms. The van der Waals surface area contributed by atoms with Gasteiger partial charge in [-0.25, -0.2) is 4.79 Å². The SMILES string of the molecule is CC(C)(C)OC(=O)NC1CCN2CCCOC12. The molecule has 1 amide bonds. The fraction of sp³-hybridized carbons (Fsp3) is 0.917. The van der Waals surface area contributed by atoms with Crippen molar-refractivity contribution in [2.75, 3.05) is 19.7 Å². The monoisotopic (exact) mass is 242 g/mol. The van der Waals surface area contributed by atoms with Crippen LogP contribution < -0.4 is 5.32 Å². The molecule has 1 N–H and O–H groups in total. The van der Waals surface area contributed by atoms with Gasteiger partial charge in [0.25, 0.3) is 0 Å². The van der Waals surface area contributed by atoms with Crippen LogP contribution >= 0.6 is 0 Å². The molecule has 2 unspecified atom stereocenters. The molecule has 98 valence electrons. The van der Waals surface area contributed by atoms with Gasteiger partial charge in [0.2, 0.25) is 0 Å². The van der Waals surface area contributed by atoms with Crippen LogP contribution in [0.1, 0.15) is 33.6 Å². The number of carbonyl (C=O) groups excluding carboxylic acids is 1. The first-order valence-corrected chi connectivity index (χ1v) is 6.31. The highest BCUT2D eigenvalue weighted by Gasteiger charge is 2.38. The van der Waals surface area contributed by atoms with Gasteiger partial charge in [0.1, 0.15) is 11.8 Å². The van der Waals surface area contributed by atoms with E-state index in [2.05, 4.69) is 10.2 Å². The lowest BCUT2D eigenvalue weighted by Crippen LogP contribution is -2.50. The van der Waals surface area contributed by atoms with Crippen molar-refractivity contribution in [3.05, 3.63) is 0 Å². The highest BCUT2D eigenvalue weighted by Crippen LogP contribution is 2.23. The molecule has 2 heterocycles. The smallest absolute Gasteiger partial charge is 0.408 e. The van der Waals surface area contributed by atoms with Crippen LogP contribution in [0.25, 0.3) is 0 Å². The van der Waals surface area contributed by atoms with Crippen LogP contribution in [0.5, 0.6) is 0 Å². The van der Waals surface area contributed by atoms with E-state index < -0.39 is 5.60 Å². The first-order valence-electron chi connectivity index (χ1n) is 6.31. The molecule has 0 saturated carbocycles. The van der Waals surface area contributed by atoms with Gasteiger partial charge in [0, 0.05) is 13.1 Å². The average Bonchev–Trinajstić information content (AvgIpc) is 2.59. The van der Waals surface area contributed by atoms with E-state index in [0.717, 1.165) is 32.5 Å². The molecule has 0 aromatic rings. The Morgan fingerprint density at radius 3 is 2.88 bits per heavy atom. The fourth-order valence-corrected chi connectivity index (χ4v) is 2.36. The second-order valence-corrected chi connectivity index (χ2v) is 5.69. The zero-order valence-corrected chi connectivity index (χ0v) is 10.9. The van der Waals surface area contributed by atoms with Crippen LogP contribution in [-0.2, 0) is 9.47 Å². The number of hydrogen-bond acceptors (Lipinski definition) is 4. The first-order chi connectivity index (χ1) is 7.96. The standard InChI is InChI=1S/C12H22N2O3/c1-12(2,3)17-11(15)13-9-5-7-14-6-4-8-16-10(9)14/h9-10H,4-8H2,1-3H3,(H,13,15). The molecule has 0 bridgehead atoms. The molecule has 0 aliphatic carbocycles. The van der Waals surface area contributed by atoms with Crippen molar-refractivity contribution in [3.8, 4) is 0 Å². The summed E-state index contributed by atoms with van der Waals surface area (Å²) in [5, 5.41) is 2.91. The Morgan fingerprint density at radius 2 is 2.18 bits per heavy atom. The lowest BCUT2D eigenvalue weighted by Gasteiger charge is -2.32. The van der Waals surface area contributed by atoms with Crippen LogP contribution in [-0.4, -0.2) is 48.6 Å². The number of rotatable bonds is 1. The lowest BCUT2D eigenvalue weighted by atomic mass is 10.2. The van der Waals surface area contributed by atoms with Crippen molar-refractivity contribution < 1.29 is 14.3 Å². The number of fused-ring (bicyclic) bond motifs is 1. The Balaban J connectivity index is 1.85. The third kappa shape index (κ3) is 3.33. The minimum atomic E-state index is -0.449. The number of amides is 1. The van der Waals surface area contributed by atoms with E-state index in [1.165, 1.54) is 0 Å². The summed E-state index contributed by atoms with van der Waals surface area (Å²) in [6.45, 7) is 8.44. The number of ether oxygens (including phenoxy) is 2. The van der Waals surface area contributed by atoms with Gasteiger partial charge in [-0.1, -0.05) is 0 Å². The second-order valence-electron chi connectivity index (χ2n) is 5.69. The second kappa shape index (κ2) is 4.82. The quantitative estimate of drug-likeness (QED) is 0.753. The van der Waals surface area contributed by atoms with Crippen molar-refractivity contribution >= 4 is 6.09 Å². The predicted octanol–water partition coefficient (Wildman–Crippen LogP) is 1.33. The van der Waals surface area contributed by atoms with E-state index in [1.807, 2.05) is 20.8 Å². The Hall–Kier alpha value is -0.810. The maximum absolute atomic E-state index is 11.7. The zero-order chi connectivity index (χ0) is 12.5. The summed E-state index contributed by atoms with van der Waals surface area (Å²) in [5.74, 6) is 0. The number of carbonyl (C=O) groups is 1. The van der Waals surface area contributed by atoms with Gasteiger partial charge in [0.05, 0.1) is 12.6 Å². The molecule has 17 heavy (non-hydrogen) atoms. The number of nitrogens with one attached hydrogen (secondary N) is 1. The van der Waals surface area contributed by atoms with E-state index in [0.29, 0.717) is 0 Å². The summed E-state index contributed by atoms with van der Waals surface area (Å²) >= 11 is 0. The molecule has 0 aromatic heterocycles. The molecule has 2 fully saturated rings. The number of nitrogens with zero attached hydrogens (tertiary/aromatic N) is 1. The fourth-order valence-electron chi connectivity index (χ4n) is 2.36. The summed E-state index contributed by atoms with van der Waals surface area (Å²) < 4.78 is 11.0. The maximum atomic E-state index is 11.7. The van der Waals surface area contributed by atoms with Gasteiger partial charge >= 0.3 is 6.09 Å². The number of hydrogen-bond donors (Lipinski definition) is 1. The van der Waals surface area contributed by atoms with Gasteiger partial charge in [-0.05, 0) is 33.6 Å². The van der Waals surface area contributed by atoms with E-state index in [9.17, 15) is 4.79 Å². The first kappa shape index (κ1) is 12.6. The summed E-state index contributed by atoms with van der Waals surface area (Å²) in [5.41, 5.74) is -0.449. The largest absolute Gasteiger partial charge is 0.444 e. The Kier molecular flexibility index (Phi) is 3.58. The summed E-state index contributed by atoms with van der Waals surface area (Å²) in [7, 11) is 0. The van der Waals surface area contributed by atoms with Crippen LogP contribution in [0.4, 0.5) is 4.79 Å². The Morgan fingerprint density at radius 1 is 1.41 bits per heavy atom. The molecule has 2 aliphatic heterocycles. The van der Waals surface area contributed by atoms with Crippen molar-refractivity contribution in [2.45, 2.75) is 51.5 Å². The summed E-state index contributed by atoms with van der Waals surface area (Å²) in [6, 6.07) is 0.0603. The number of alkyl carbamates (subject to hydrolysis) is 1. The van der Waals surface area contributed by atoms with E-state index >= 15 is 0 Å². The van der Waals surface area contributed by atoms with Gasteiger partial charge in [0.15, 0.2) is 0 Å². The topological polar surface area (TPSA) is 50.8 Å². The minimum Gasteiger partial charge on any atom is -0.444 e. The van der Waals surface area contributed by atoms with Gasteiger partial charge in [-0.3, -0.25) is 4.90 Å². The van der Waals surface area contributed by atoms with Gasteiger partial charge in [-0.15, -0.1) is 0 Å². The molecule has 2 rings (SSSR count). The third-order valence-electron chi connectivity index (χ3n) is 3.01. The van der Waals surface area contributed by atoms with E-state index in [1.54, 1.807) is 0 Å². The highest BCUT2D eigenvalue weighted by molar-refractivity contribution is 5.68. The van der Waals surface area contributed by atoms with Gasteiger partial charge in [-0.2, -0.15) is 0 Å². The zero-order valence-electron chi connectivity index (χ0n) is 10.9. The van der Waals surface area contributed by atoms with Crippen molar-refractivity contribution in [2.24, 2.45) is 0 Å². The molecule has 2 aliphatic rings. The van der Waals surface area contributed by atoms with Crippen LogP contribution in [0, 0.1) is 0 Å². The maximum Gasteiger partial charge on any atom is 0.408 e. The molecule has 2 saturated heterocycles. The van der Waals surface area contributed by atoms with Crippen LogP contribution in [0.15, 0.2) is 0 Å². The molecule has 0 aromatic carbocycles. The predicted molar refractivity (Wildman–Crippen MR) is 63.7 cm³/mol. The van der Waals surface area contributed by atoms with Gasteiger partial charge < -0.3 is 14.8 Å². The van der Waals surface area contributed by atoms with Crippen molar-refractivity contribution in [1.29, 1.82) is 0 Å². The van der Waals surface area contributed by atoms with E-state index in [4.69, 9.17) is 9.47 Å². The van der Waals surface area contributed by atoms with E-state index in [-0.39, 0.29) is 18.4 Å². The molecular weight excluding hydrogens is 220 g/mol. The molecule has 0 radical (unpaired) electrons. The normalized spacial score (nSPS) is 29.8. The van der Waals surface area contributed by atoms with Crippen molar-refractivity contribution in [1.82, 2.24) is 10.2 Å². The Labute approximate surface area is 102 Å². The molecular formula is C12H22N2O3. The average molecular weight is 242 g/mol. The highest BCUT2D eigenvalue weighted by atomic mass is 16.6. The van der Waals surface area contributed by atoms with Crippen LogP contribution in [0.3, 0.4) is 0 Å². The summed E-state index contributed by atoms with van der Waals surface area (Å²) in [6.07, 6.45) is 1.70. The van der Waals surface area contributed by atoms with Crippen molar-refractivity contribution in [3.63, 3.8) is 0 Å². The molecule has 5 nitrogen and oxygen atoms in total. The Bertz CT molecular complexity index is 288. The molecule has 0 spiro atoms. The van der Waals surface area contributed by atoms with Crippen LogP contribution in [0.2, 0.25) is 0 Å². The summed E-state index contributed by atoms with van der Waals surface area (Å²) in [4.78, 5) is 14.0.